The van der Waals surface area contributed by atoms with Gasteiger partial charge in [0.1, 0.15) is 0 Å². The van der Waals surface area contributed by atoms with Crippen LogP contribution in [0.1, 0.15) is 5.56 Å². The minimum Gasteiger partial charge on any atom is -0.504 e. The summed E-state index contributed by atoms with van der Waals surface area (Å²) in [5.74, 6) is -0.371. The van der Waals surface area contributed by atoms with Crippen molar-refractivity contribution in [1.29, 1.82) is 0 Å². The molecule has 0 saturated carbocycles. The molecular weight excluding hydrogens is 176 g/mol. The first-order chi connectivity index (χ1) is 5.65. The molecule has 0 unspecified atom stereocenters. The van der Waals surface area contributed by atoms with Gasteiger partial charge in [-0.3, -0.25) is 0 Å². The van der Waals surface area contributed by atoms with Crippen LogP contribution in [0.4, 0.5) is 0 Å². The zero-order chi connectivity index (χ0) is 9.14. The van der Waals surface area contributed by atoms with Crippen molar-refractivity contribution < 1.29 is 14.9 Å². The maximum Gasteiger partial charge on any atom is 0.190 e. The lowest BCUT2D eigenvalue weighted by Crippen LogP contribution is -1.98. The number of methoxy groups -OCH3 is 1. The molecule has 0 spiro atoms. The summed E-state index contributed by atoms with van der Waals surface area (Å²) in [7, 11) is 1.45. The Kier molecular flexibility index (Phi) is 2.50. The molecule has 0 aliphatic carbocycles. The molecule has 1 aromatic rings. The van der Waals surface area contributed by atoms with Crippen molar-refractivity contribution in [2.24, 2.45) is 0 Å². The zero-order valence-electron chi connectivity index (χ0n) is 6.44. The van der Waals surface area contributed by atoms with E-state index in [0.29, 0.717) is 5.56 Å². The molecule has 1 aromatic carbocycles. The van der Waals surface area contributed by atoms with Crippen LogP contribution in [0.3, 0.4) is 0 Å². The van der Waals surface area contributed by atoms with Crippen LogP contribution in [0, 0.1) is 0 Å². The number of thiocarbonyl (C=S) groups is 1. The molecule has 0 fully saturated rings. The Balaban J connectivity index is 3.05. The number of hydrogen-bond donors (Lipinski definition) is 2. The molecule has 0 aliphatic heterocycles. The molecule has 64 valence electrons. The van der Waals surface area contributed by atoms with E-state index < -0.39 is 0 Å². The monoisotopic (exact) mass is 184 g/mol. The maximum absolute atomic E-state index is 9.08. The van der Waals surface area contributed by atoms with E-state index in [1.807, 2.05) is 0 Å². The van der Waals surface area contributed by atoms with Gasteiger partial charge in [-0.15, -0.1) is 0 Å². The number of benzene rings is 1. The number of phenolic OH excluding ortho intramolecular Hbond substituents is 2. The standard InChI is InChI=1S/C8H8O3S/c1-11-8(12)5-2-3-6(9)7(10)4-5/h2-4,9-10H,1H3. The second-order valence-corrected chi connectivity index (χ2v) is 2.57. The molecule has 0 bridgehead atoms. The number of rotatable bonds is 1. The highest BCUT2D eigenvalue weighted by Gasteiger charge is 2.04. The van der Waals surface area contributed by atoms with Crippen LogP contribution in [0.25, 0.3) is 0 Å². The Hall–Kier alpha value is -1.29. The molecule has 0 aliphatic rings. The summed E-state index contributed by atoms with van der Waals surface area (Å²) in [5, 5.41) is 18.3. The van der Waals surface area contributed by atoms with Crippen LogP contribution in [0.15, 0.2) is 18.2 Å². The lowest BCUT2D eigenvalue weighted by molar-refractivity contribution is 0.401. The molecule has 2 N–H and O–H groups in total. The highest BCUT2D eigenvalue weighted by atomic mass is 32.1. The highest BCUT2D eigenvalue weighted by molar-refractivity contribution is 7.80. The first kappa shape index (κ1) is 8.80. The zero-order valence-corrected chi connectivity index (χ0v) is 7.26. The normalized spacial score (nSPS) is 9.42. The van der Waals surface area contributed by atoms with Gasteiger partial charge in [0.25, 0.3) is 0 Å². The Morgan fingerprint density at radius 2 is 2.00 bits per heavy atom. The van der Waals surface area contributed by atoms with Crippen LogP contribution in [0.5, 0.6) is 11.5 Å². The van der Waals surface area contributed by atoms with Crippen LogP contribution in [-0.4, -0.2) is 22.4 Å². The smallest absolute Gasteiger partial charge is 0.190 e. The maximum atomic E-state index is 9.08. The predicted octanol–water partition coefficient (Wildman–Crippen LogP) is 1.42. The van der Waals surface area contributed by atoms with Crippen molar-refractivity contribution in [2.45, 2.75) is 0 Å². The number of aromatic hydroxyl groups is 2. The van der Waals surface area contributed by atoms with E-state index in [4.69, 9.17) is 27.2 Å². The van der Waals surface area contributed by atoms with Gasteiger partial charge >= 0.3 is 0 Å². The molecule has 4 heteroatoms. The molecule has 0 amide bonds. The first-order valence-electron chi connectivity index (χ1n) is 3.25. The summed E-state index contributed by atoms with van der Waals surface area (Å²) >= 11 is 4.81. The quantitative estimate of drug-likeness (QED) is 0.512. The van der Waals surface area contributed by atoms with E-state index in [2.05, 4.69) is 0 Å². The lowest BCUT2D eigenvalue weighted by atomic mass is 10.2. The summed E-state index contributed by atoms with van der Waals surface area (Å²) in [4.78, 5) is 0. The van der Waals surface area contributed by atoms with Crippen LogP contribution < -0.4 is 0 Å². The molecule has 0 aromatic heterocycles. The van der Waals surface area contributed by atoms with Gasteiger partial charge in [0.2, 0.25) is 0 Å². The SMILES string of the molecule is COC(=S)c1ccc(O)c(O)c1. The Morgan fingerprint density at radius 1 is 1.33 bits per heavy atom. The Morgan fingerprint density at radius 3 is 2.50 bits per heavy atom. The van der Waals surface area contributed by atoms with E-state index in [1.165, 1.54) is 19.2 Å². The van der Waals surface area contributed by atoms with Crippen molar-refractivity contribution in [3.63, 3.8) is 0 Å². The summed E-state index contributed by atoms with van der Waals surface area (Å²) in [6, 6.07) is 4.28. The average molecular weight is 184 g/mol. The van der Waals surface area contributed by atoms with Gasteiger partial charge in [-0.25, -0.2) is 0 Å². The molecule has 0 saturated heterocycles. The second-order valence-electron chi connectivity index (χ2n) is 2.20. The minimum atomic E-state index is -0.202. The van der Waals surface area contributed by atoms with E-state index in [-0.39, 0.29) is 16.5 Å². The van der Waals surface area contributed by atoms with Crippen molar-refractivity contribution in [3.8, 4) is 11.5 Å². The fourth-order valence-corrected chi connectivity index (χ4v) is 0.895. The van der Waals surface area contributed by atoms with Crippen LogP contribution in [0.2, 0.25) is 0 Å². The molecule has 0 atom stereocenters. The van der Waals surface area contributed by atoms with Crippen molar-refractivity contribution in [3.05, 3.63) is 23.8 Å². The highest BCUT2D eigenvalue weighted by Crippen LogP contribution is 2.25. The average Bonchev–Trinajstić information content (AvgIpc) is 2.08. The van der Waals surface area contributed by atoms with Crippen LogP contribution in [-0.2, 0) is 4.74 Å². The Labute approximate surface area is 75.2 Å². The lowest BCUT2D eigenvalue weighted by Gasteiger charge is -2.03. The van der Waals surface area contributed by atoms with Crippen LogP contribution >= 0.6 is 12.2 Å². The number of phenols is 2. The van der Waals surface area contributed by atoms with Gasteiger partial charge in [-0.1, -0.05) is 0 Å². The number of hydrogen-bond acceptors (Lipinski definition) is 4. The summed E-state index contributed by atoms with van der Waals surface area (Å²) in [6.07, 6.45) is 0. The molecule has 1 rings (SSSR count). The van der Waals surface area contributed by atoms with Gasteiger partial charge in [-0.2, -0.15) is 0 Å². The topological polar surface area (TPSA) is 49.7 Å². The second kappa shape index (κ2) is 3.40. The predicted molar refractivity (Wildman–Crippen MR) is 48.5 cm³/mol. The van der Waals surface area contributed by atoms with Gasteiger partial charge < -0.3 is 14.9 Å². The van der Waals surface area contributed by atoms with E-state index >= 15 is 0 Å². The largest absolute Gasteiger partial charge is 0.504 e. The third-order valence-corrected chi connectivity index (χ3v) is 1.80. The van der Waals surface area contributed by atoms with E-state index in [0.717, 1.165) is 0 Å². The fourth-order valence-electron chi connectivity index (χ4n) is 0.768. The van der Waals surface area contributed by atoms with Crippen molar-refractivity contribution >= 4 is 17.3 Å². The fraction of sp³-hybridized carbons (Fsp3) is 0.125. The third-order valence-electron chi connectivity index (χ3n) is 1.40. The molecular formula is C8H8O3S. The number of ether oxygens (including phenoxy) is 1. The molecule has 0 heterocycles. The van der Waals surface area contributed by atoms with E-state index in [9.17, 15) is 0 Å². The summed E-state index contributed by atoms with van der Waals surface area (Å²) < 4.78 is 4.77. The minimum absolute atomic E-state index is 0.169. The van der Waals surface area contributed by atoms with E-state index in [1.54, 1.807) is 6.07 Å². The molecule has 12 heavy (non-hydrogen) atoms. The molecule has 0 radical (unpaired) electrons. The molecule has 3 nitrogen and oxygen atoms in total. The van der Waals surface area contributed by atoms with Crippen molar-refractivity contribution in [2.75, 3.05) is 7.11 Å². The first-order valence-corrected chi connectivity index (χ1v) is 3.66. The summed E-state index contributed by atoms with van der Waals surface area (Å²) in [6.45, 7) is 0. The Bertz CT molecular complexity index is 309. The van der Waals surface area contributed by atoms with Gasteiger partial charge in [-0.05, 0) is 30.4 Å². The van der Waals surface area contributed by atoms with Gasteiger partial charge in [0.15, 0.2) is 16.5 Å². The summed E-state index contributed by atoms with van der Waals surface area (Å²) in [5.41, 5.74) is 0.572. The van der Waals surface area contributed by atoms with Crippen molar-refractivity contribution in [1.82, 2.24) is 0 Å². The van der Waals surface area contributed by atoms with Gasteiger partial charge in [0, 0.05) is 5.56 Å². The third kappa shape index (κ3) is 1.65. The van der Waals surface area contributed by atoms with Gasteiger partial charge in [0.05, 0.1) is 7.11 Å².